The fourth-order valence-electron chi connectivity index (χ4n) is 6.08. The van der Waals surface area contributed by atoms with E-state index in [1.807, 2.05) is 53.2 Å². The number of carbonyl (C=O) groups excluding carboxylic acids is 2. The summed E-state index contributed by atoms with van der Waals surface area (Å²) < 4.78 is 7.65. The average Bonchev–Trinajstić information content (AvgIpc) is 3.44. The molecule has 228 valence electrons. The van der Waals surface area contributed by atoms with Gasteiger partial charge in [-0.2, -0.15) is 5.10 Å². The van der Waals surface area contributed by atoms with E-state index in [0.29, 0.717) is 29.1 Å². The Hall–Kier alpha value is -4.97. The molecule has 2 aromatic carbocycles. The van der Waals surface area contributed by atoms with Gasteiger partial charge in [-0.3, -0.25) is 19.2 Å². The smallest absolute Gasteiger partial charge is 0.247 e. The van der Waals surface area contributed by atoms with Gasteiger partial charge in [0.25, 0.3) is 0 Å². The number of fused-ring (bicyclic) bond motifs is 1. The molecule has 2 aliphatic rings. The van der Waals surface area contributed by atoms with E-state index in [4.69, 9.17) is 9.72 Å². The van der Waals surface area contributed by atoms with E-state index in [1.165, 1.54) is 6.08 Å². The van der Waals surface area contributed by atoms with Gasteiger partial charge in [-0.1, -0.05) is 12.6 Å². The van der Waals surface area contributed by atoms with Crippen molar-refractivity contribution in [2.24, 2.45) is 7.05 Å². The van der Waals surface area contributed by atoms with E-state index in [0.717, 1.165) is 86.4 Å². The summed E-state index contributed by atoms with van der Waals surface area (Å²) in [5.74, 6) is 0.708. The van der Waals surface area contributed by atoms with E-state index < -0.39 is 0 Å². The van der Waals surface area contributed by atoms with Crippen LogP contribution in [0.15, 0.2) is 61.4 Å². The number of nitrogens with one attached hydrogen (secondary N) is 2. The molecule has 44 heavy (non-hydrogen) atoms. The molecule has 4 heterocycles. The maximum atomic E-state index is 12.5. The van der Waals surface area contributed by atoms with Crippen molar-refractivity contribution in [3.05, 3.63) is 61.4 Å². The van der Waals surface area contributed by atoms with Crippen LogP contribution in [0.2, 0.25) is 0 Å². The van der Waals surface area contributed by atoms with Crippen molar-refractivity contribution in [1.29, 1.82) is 0 Å². The number of aromatic nitrogens is 4. The van der Waals surface area contributed by atoms with Gasteiger partial charge in [0.05, 0.1) is 41.6 Å². The highest BCUT2D eigenvalue weighted by atomic mass is 16.5. The normalized spacial score (nSPS) is 16.1. The molecule has 2 fully saturated rings. The molecule has 12 nitrogen and oxygen atoms in total. The summed E-state index contributed by atoms with van der Waals surface area (Å²) in [6.07, 6.45) is 7.73. The Morgan fingerprint density at radius 2 is 1.84 bits per heavy atom. The standard InChI is InChI=1S/C32H37N9O3/c1-4-31(43)35-26-18-27(37-32-33-10-7-25(36-32)22-5-6-28-23(17-22)20-34-38(28)2)30(44-3)19-29(26)41-11-8-24(9-12-41)40-15-13-39(21-42)14-16-40/h4-7,10,17-21,24H,1,8-9,11-16H2,2-3H3,(H,35,43)(H,33,36,37). The predicted molar refractivity (Wildman–Crippen MR) is 171 cm³/mol. The first-order valence-electron chi connectivity index (χ1n) is 14.8. The zero-order valence-corrected chi connectivity index (χ0v) is 25.1. The number of methoxy groups -OCH3 is 1. The summed E-state index contributed by atoms with van der Waals surface area (Å²) in [6, 6.07) is 12.2. The third-order valence-electron chi connectivity index (χ3n) is 8.52. The minimum atomic E-state index is -0.297. The molecule has 0 radical (unpaired) electrons. The zero-order chi connectivity index (χ0) is 30.6. The number of carbonyl (C=O) groups is 2. The van der Waals surface area contributed by atoms with Gasteiger partial charge >= 0.3 is 0 Å². The average molecular weight is 596 g/mol. The van der Waals surface area contributed by atoms with E-state index in [9.17, 15) is 9.59 Å². The molecule has 12 heteroatoms. The number of anilines is 4. The van der Waals surface area contributed by atoms with Crippen molar-refractivity contribution in [3.8, 4) is 17.0 Å². The monoisotopic (exact) mass is 595 g/mol. The number of ether oxygens (including phenoxy) is 1. The van der Waals surface area contributed by atoms with Gasteiger partial charge < -0.3 is 25.2 Å². The third kappa shape index (κ3) is 6.06. The lowest BCUT2D eigenvalue weighted by Crippen LogP contribution is -2.53. The molecule has 4 aromatic rings. The highest BCUT2D eigenvalue weighted by Crippen LogP contribution is 2.39. The minimum absolute atomic E-state index is 0.297. The van der Waals surface area contributed by atoms with E-state index in [-0.39, 0.29) is 5.91 Å². The van der Waals surface area contributed by atoms with Crippen LogP contribution in [0.25, 0.3) is 22.2 Å². The second kappa shape index (κ2) is 12.7. The number of piperazine rings is 1. The Morgan fingerprint density at radius 1 is 1.05 bits per heavy atom. The molecule has 0 bridgehead atoms. The van der Waals surface area contributed by atoms with Crippen LogP contribution in [0.4, 0.5) is 23.0 Å². The molecule has 2 aliphatic heterocycles. The Morgan fingerprint density at radius 3 is 2.57 bits per heavy atom. The van der Waals surface area contributed by atoms with Gasteiger partial charge in [0.15, 0.2) is 0 Å². The third-order valence-corrected chi connectivity index (χ3v) is 8.52. The number of amides is 2. The lowest BCUT2D eigenvalue weighted by molar-refractivity contribution is -0.120. The van der Waals surface area contributed by atoms with Crippen molar-refractivity contribution >= 4 is 46.2 Å². The molecular weight excluding hydrogens is 558 g/mol. The molecule has 0 atom stereocenters. The molecule has 0 aliphatic carbocycles. The number of aryl methyl sites for hydroxylation is 1. The van der Waals surface area contributed by atoms with E-state index >= 15 is 0 Å². The van der Waals surface area contributed by atoms with Gasteiger partial charge in [-0.05, 0) is 43.2 Å². The van der Waals surface area contributed by atoms with Crippen LogP contribution >= 0.6 is 0 Å². The quantitative estimate of drug-likeness (QED) is 0.221. The topological polar surface area (TPSA) is 121 Å². The molecule has 2 saturated heterocycles. The minimum Gasteiger partial charge on any atom is -0.494 e. The zero-order valence-electron chi connectivity index (χ0n) is 25.1. The van der Waals surface area contributed by atoms with Crippen LogP contribution in [-0.4, -0.2) is 94.3 Å². The Bertz CT molecular complexity index is 1670. The van der Waals surface area contributed by atoms with Gasteiger partial charge in [0, 0.05) is 75.6 Å². The molecule has 2 aromatic heterocycles. The summed E-state index contributed by atoms with van der Waals surface area (Å²) in [5, 5.41) is 11.6. The Kier molecular flexibility index (Phi) is 8.42. The van der Waals surface area contributed by atoms with Crippen LogP contribution in [0.3, 0.4) is 0 Å². The van der Waals surface area contributed by atoms with Crippen LogP contribution < -0.4 is 20.3 Å². The van der Waals surface area contributed by atoms with Crippen LogP contribution in [0, 0.1) is 0 Å². The van der Waals surface area contributed by atoms with Crippen molar-refractivity contribution in [2.75, 3.05) is 61.9 Å². The van der Waals surface area contributed by atoms with Crippen molar-refractivity contribution in [1.82, 2.24) is 29.5 Å². The Labute approximate surface area is 256 Å². The maximum Gasteiger partial charge on any atom is 0.247 e. The van der Waals surface area contributed by atoms with Crippen molar-refractivity contribution in [3.63, 3.8) is 0 Å². The fraction of sp³-hybridized carbons (Fsp3) is 0.344. The van der Waals surface area contributed by atoms with Crippen molar-refractivity contribution in [2.45, 2.75) is 18.9 Å². The predicted octanol–water partition coefficient (Wildman–Crippen LogP) is 3.65. The molecule has 0 saturated carbocycles. The van der Waals surface area contributed by atoms with E-state index in [1.54, 1.807) is 13.3 Å². The second-order valence-corrected chi connectivity index (χ2v) is 11.1. The maximum absolute atomic E-state index is 12.5. The fourth-order valence-corrected chi connectivity index (χ4v) is 6.08. The summed E-state index contributed by atoms with van der Waals surface area (Å²) in [5.41, 5.74) is 4.91. The van der Waals surface area contributed by atoms with Crippen LogP contribution in [0.1, 0.15) is 12.8 Å². The van der Waals surface area contributed by atoms with Crippen LogP contribution in [0.5, 0.6) is 5.75 Å². The molecule has 2 N–H and O–H groups in total. The number of rotatable bonds is 9. The largest absolute Gasteiger partial charge is 0.494 e. The molecule has 0 unspecified atom stereocenters. The highest BCUT2D eigenvalue weighted by Gasteiger charge is 2.29. The SMILES string of the molecule is C=CC(=O)Nc1cc(Nc2nccc(-c3ccc4c(cnn4C)c3)n2)c(OC)cc1N1CCC(N2CCN(C=O)CC2)CC1. The summed E-state index contributed by atoms with van der Waals surface area (Å²) in [6.45, 7) is 8.65. The lowest BCUT2D eigenvalue weighted by atomic mass is 10.0. The first-order chi connectivity index (χ1) is 21.4. The number of hydrogen-bond donors (Lipinski definition) is 2. The van der Waals surface area contributed by atoms with Crippen molar-refractivity contribution < 1.29 is 14.3 Å². The van der Waals surface area contributed by atoms with Gasteiger partial charge in [0.2, 0.25) is 18.3 Å². The first-order valence-corrected chi connectivity index (χ1v) is 14.8. The van der Waals surface area contributed by atoms with Gasteiger partial charge in [0.1, 0.15) is 5.75 Å². The molecule has 0 spiro atoms. The molecule has 6 rings (SSSR count). The number of nitrogens with zero attached hydrogens (tertiary/aromatic N) is 7. The lowest BCUT2D eigenvalue weighted by Gasteiger charge is -2.43. The highest BCUT2D eigenvalue weighted by molar-refractivity contribution is 6.02. The molecule has 2 amide bonds. The number of piperidine rings is 1. The van der Waals surface area contributed by atoms with E-state index in [2.05, 4.69) is 43.2 Å². The number of hydrogen-bond acceptors (Lipinski definition) is 9. The number of benzene rings is 2. The Balaban J connectivity index is 1.23. The van der Waals surface area contributed by atoms with Gasteiger partial charge in [-0.25, -0.2) is 9.97 Å². The first kappa shape index (κ1) is 29.1. The molecular formula is C32H37N9O3. The second-order valence-electron chi connectivity index (χ2n) is 11.1. The summed E-state index contributed by atoms with van der Waals surface area (Å²) in [7, 11) is 3.54. The van der Waals surface area contributed by atoms with Gasteiger partial charge in [-0.15, -0.1) is 0 Å². The summed E-state index contributed by atoms with van der Waals surface area (Å²) in [4.78, 5) is 39.4. The van der Waals surface area contributed by atoms with Crippen LogP contribution in [-0.2, 0) is 16.6 Å². The summed E-state index contributed by atoms with van der Waals surface area (Å²) >= 11 is 0.